The Kier molecular flexibility index (Phi) is 3.09. The van der Waals surface area contributed by atoms with Crippen molar-refractivity contribution in [3.05, 3.63) is 47.9 Å². The van der Waals surface area contributed by atoms with Gasteiger partial charge in [-0.1, -0.05) is 23.4 Å². The van der Waals surface area contributed by atoms with Gasteiger partial charge < -0.3 is 15.6 Å². The van der Waals surface area contributed by atoms with Gasteiger partial charge in [0.1, 0.15) is 6.26 Å². The summed E-state index contributed by atoms with van der Waals surface area (Å²) >= 11 is 0. The Bertz CT molecular complexity index is 508. The number of nitrogen functional groups attached to an aromatic ring is 1. The quantitative estimate of drug-likeness (QED) is 0.788. The highest BCUT2D eigenvalue weighted by Crippen LogP contribution is 2.19. The molecule has 1 amide bonds. The average Bonchev–Trinajstić information content (AvgIpc) is 2.82. The minimum atomic E-state index is -0.283. The van der Waals surface area contributed by atoms with Crippen LogP contribution in [0.1, 0.15) is 29.0 Å². The number of hydrogen-bond acceptors (Lipinski definition) is 4. The van der Waals surface area contributed by atoms with Crippen molar-refractivity contribution in [2.75, 3.05) is 5.73 Å². The molecule has 0 fully saturated rings. The van der Waals surface area contributed by atoms with E-state index in [-0.39, 0.29) is 17.6 Å². The maximum atomic E-state index is 11.7. The van der Waals surface area contributed by atoms with E-state index in [0.29, 0.717) is 5.69 Å². The first kappa shape index (κ1) is 11.2. The molecule has 2 aromatic rings. The van der Waals surface area contributed by atoms with Gasteiger partial charge in [0.15, 0.2) is 5.69 Å². The fourth-order valence-electron chi connectivity index (χ4n) is 1.58. The summed E-state index contributed by atoms with van der Waals surface area (Å²) < 4.78 is 4.61. The largest absolute Gasteiger partial charge is 0.398 e. The van der Waals surface area contributed by atoms with Crippen molar-refractivity contribution >= 4 is 11.6 Å². The van der Waals surface area contributed by atoms with Gasteiger partial charge in [-0.3, -0.25) is 4.79 Å². The van der Waals surface area contributed by atoms with Gasteiger partial charge in [0.05, 0.1) is 6.04 Å². The Labute approximate surface area is 98.6 Å². The normalized spacial score (nSPS) is 12.1. The van der Waals surface area contributed by atoms with Crippen molar-refractivity contribution in [2.45, 2.75) is 13.0 Å². The second-order valence-corrected chi connectivity index (χ2v) is 3.71. The molecule has 1 unspecified atom stereocenters. The van der Waals surface area contributed by atoms with Gasteiger partial charge in [-0.05, 0) is 18.6 Å². The van der Waals surface area contributed by atoms with Crippen molar-refractivity contribution in [3.63, 3.8) is 0 Å². The molecule has 5 heteroatoms. The van der Waals surface area contributed by atoms with Crippen LogP contribution in [0.3, 0.4) is 0 Å². The first-order valence-corrected chi connectivity index (χ1v) is 5.24. The third-order valence-corrected chi connectivity index (χ3v) is 2.48. The molecule has 0 bridgehead atoms. The van der Waals surface area contributed by atoms with E-state index in [9.17, 15) is 4.79 Å². The second-order valence-electron chi connectivity index (χ2n) is 3.71. The summed E-state index contributed by atoms with van der Waals surface area (Å²) in [6.07, 6.45) is 1.36. The van der Waals surface area contributed by atoms with Crippen molar-refractivity contribution in [1.82, 2.24) is 10.5 Å². The average molecular weight is 231 g/mol. The molecule has 17 heavy (non-hydrogen) atoms. The maximum Gasteiger partial charge on any atom is 0.273 e. The lowest BCUT2D eigenvalue weighted by atomic mass is 10.1. The van der Waals surface area contributed by atoms with Crippen molar-refractivity contribution in [2.24, 2.45) is 0 Å². The molecule has 0 radical (unpaired) electrons. The minimum absolute atomic E-state index is 0.180. The first-order chi connectivity index (χ1) is 8.18. The Morgan fingerprint density at radius 3 is 2.82 bits per heavy atom. The van der Waals surface area contributed by atoms with E-state index in [1.807, 2.05) is 25.1 Å². The SMILES string of the molecule is CC(NC(=O)c1ccon1)c1ccccc1N. The fraction of sp³-hybridized carbons (Fsp3) is 0.167. The summed E-state index contributed by atoms with van der Waals surface area (Å²) in [7, 11) is 0. The zero-order chi connectivity index (χ0) is 12.3. The number of nitrogens with two attached hydrogens (primary N) is 1. The van der Waals surface area contributed by atoms with Gasteiger partial charge >= 0.3 is 0 Å². The van der Waals surface area contributed by atoms with Gasteiger partial charge in [-0.15, -0.1) is 0 Å². The zero-order valence-electron chi connectivity index (χ0n) is 9.38. The highest BCUT2D eigenvalue weighted by Gasteiger charge is 2.14. The number of carbonyl (C=O) groups excluding carboxylic acids is 1. The van der Waals surface area contributed by atoms with Gasteiger partial charge in [-0.2, -0.15) is 0 Å². The number of nitrogens with one attached hydrogen (secondary N) is 1. The maximum absolute atomic E-state index is 11.7. The summed E-state index contributed by atoms with van der Waals surface area (Å²) in [6.45, 7) is 1.86. The molecule has 0 saturated heterocycles. The Hall–Kier alpha value is -2.30. The molecule has 88 valence electrons. The molecule has 1 aromatic carbocycles. The fourth-order valence-corrected chi connectivity index (χ4v) is 1.58. The molecular formula is C12H13N3O2. The Morgan fingerprint density at radius 2 is 2.18 bits per heavy atom. The molecule has 1 aromatic heterocycles. The van der Waals surface area contributed by atoms with Crippen LogP contribution >= 0.6 is 0 Å². The minimum Gasteiger partial charge on any atom is -0.398 e. The van der Waals surface area contributed by atoms with Crippen LogP contribution in [0.25, 0.3) is 0 Å². The predicted molar refractivity (Wildman–Crippen MR) is 63.2 cm³/mol. The number of aromatic nitrogens is 1. The molecule has 1 atom stereocenters. The van der Waals surface area contributed by atoms with E-state index in [1.165, 1.54) is 12.3 Å². The number of rotatable bonds is 3. The highest BCUT2D eigenvalue weighted by molar-refractivity contribution is 5.92. The third kappa shape index (κ3) is 2.44. The van der Waals surface area contributed by atoms with Crippen LogP contribution in [-0.4, -0.2) is 11.1 Å². The highest BCUT2D eigenvalue weighted by atomic mass is 16.5. The lowest BCUT2D eigenvalue weighted by Gasteiger charge is -2.15. The van der Waals surface area contributed by atoms with E-state index < -0.39 is 0 Å². The van der Waals surface area contributed by atoms with Crippen LogP contribution in [0.15, 0.2) is 41.1 Å². The lowest BCUT2D eigenvalue weighted by molar-refractivity contribution is 0.0931. The molecular weight excluding hydrogens is 218 g/mol. The number of hydrogen-bond donors (Lipinski definition) is 2. The van der Waals surface area contributed by atoms with E-state index >= 15 is 0 Å². The zero-order valence-corrected chi connectivity index (χ0v) is 9.38. The second kappa shape index (κ2) is 4.69. The van der Waals surface area contributed by atoms with Crippen molar-refractivity contribution in [3.8, 4) is 0 Å². The number of benzene rings is 1. The van der Waals surface area contributed by atoms with E-state index in [4.69, 9.17) is 5.73 Å². The van der Waals surface area contributed by atoms with Crippen molar-refractivity contribution in [1.29, 1.82) is 0 Å². The smallest absolute Gasteiger partial charge is 0.273 e. The summed E-state index contributed by atoms with van der Waals surface area (Å²) in [5, 5.41) is 6.36. The molecule has 0 spiro atoms. The molecule has 5 nitrogen and oxygen atoms in total. The molecule has 2 rings (SSSR count). The topological polar surface area (TPSA) is 81.2 Å². The molecule has 0 aliphatic rings. The van der Waals surface area contributed by atoms with Gasteiger partial charge in [0.2, 0.25) is 0 Å². The van der Waals surface area contributed by atoms with E-state index in [0.717, 1.165) is 5.56 Å². The van der Waals surface area contributed by atoms with Crippen LogP contribution < -0.4 is 11.1 Å². The van der Waals surface area contributed by atoms with Crippen LogP contribution in [-0.2, 0) is 0 Å². The van der Waals surface area contributed by atoms with Crippen LogP contribution in [0.2, 0.25) is 0 Å². The van der Waals surface area contributed by atoms with Crippen LogP contribution in [0.4, 0.5) is 5.69 Å². The predicted octanol–water partition coefficient (Wildman–Crippen LogP) is 1.75. The number of nitrogens with zero attached hydrogens (tertiary/aromatic N) is 1. The van der Waals surface area contributed by atoms with Gasteiger partial charge in [0.25, 0.3) is 5.91 Å². The molecule has 1 heterocycles. The molecule has 0 saturated carbocycles. The number of para-hydroxylation sites is 1. The number of amides is 1. The first-order valence-electron chi connectivity index (χ1n) is 5.24. The van der Waals surface area contributed by atoms with E-state index in [1.54, 1.807) is 6.07 Å². The summed E-state index contributed by atoms with van der Waals surface area (Å²) in [4.78, 5) is 11.7. The lowest BCUT2D eigenvalue weighted by Crippen LogP contribution is -2.27. The molecule has 0 aliphatic carbocycles. The summed E-state index contributed by atoms with van der Waals surface area (Å²) in [5.74, 6) is -0.283. The molecule has 0 aliphatic heterocycles. The third-order valence-electron chi connectivity index (χ3n) is 2.48. The van der Waals surface area contributed by atoms with Crippen molar-refractivity contribution < 1.29 is 9.32 Å². The number of anilines is 1. The Balaban J connectivity index is 2.10. The number of carbonyl (C=O) groups is 1. The van der Waals surface area contributed by atoms with Crippen LogP contribution in [0.5, 0.6) is 0 Å². The van der Waals surface area contributed by atoms with Crippen LogP contribution in [0, 0.1) is 0 Å². The Morgan fingerprint density at radius 1 is 1.41 bits per heavy atom. The summed E-state index contributed by atoms with van der Waals surface area (Å²) in [5.41, 5.74) is 7.62. The van der Waals surface area contributed by atoms with E-state index in [2.05, 4.69) is 15.0 Å². The van der Waals surface area contributed by atoms with Gasteiger partial charge in [-0.25, -0.2) is 0 Å². The summed E-state index contributed by atoms with van der Waals surface area (Å²) in [6, 6.07) is 8.74. The standard InChI is InChI=1S/C12H13N3O2/c1-8(9-4-2-3-5-10(9)13)14-12(16)11-6-7-17-15-11/h2-8H,13H2,1H3,(H,14,16). The monoisotopic (exact) mass is 231 g/mol. The van der Waals surface area contributed by atoms with Gasteiger partial charge in [0, 0.05) is 11.8 Å². The molecule has 3 N–H and O–H groups in total.